The van der Waals surface area contributed by atoms with E-state index in [1.54, 1.807) is 11.1 Å². The van der Waals surface area contributed by atoms with Crippen LogP contribution in [-0.4, -0.2) is 0 Å². The zero-order valence-corrected chi connectivity index (χ0v) is 12.4. The highest BCUT2D eigenvalue weighted by atomic mass is 14.5. The lowest BCUT2D eigenvalue weighted by molar-refractivity contribution is 0.523. The molecule has 0 amide bonds. The van der Waals surface area contributed by atoms with Crippen molar-refractivity contribution in [3.63, 3.8) is 0 Å². The molecule has 0 spiro atoms. The van der Waals surface area contributed by atoms with Crippen molar-refractivity contribution in [3.8, 4) is 0 Å². The smallest absolute Gasteiger partial charge is 0.0257 e. The summed E-state index contributed by atoms with van der Waals surface area (Å²) in [4.78, 5) is 0. The van der Waals surface area contributed by atoms with Crippen molar-refractivity contribution in [2.24, 2.45) is 29.6 Å². The Morgan fingerprint density at radius 2 is 1.29 bits per heavy atom. The summed E-state index contributed by atoms with van der Waals surface area (Å²) in [6, 6.07) is 0. The summed E-state index contributed by atoms with van der Waals surface area (Å²) in [7, 11) is 0. The summed E-state index contributed by atoms with van der Waals surface area (Å²) >= 11 is 0. The monoisotopic (exact) mass is 234 g/mol. The lowest BCUT2D eigenvalue weighted by atomic mass is 9.83. The highest BCUT2D eigenvalue weighted by molar-refractivity contribution is 5.21. The Bertz CT molecular complexity index is 267. The zero-order valence-electron chi connectivity index (χ0n) is 12.4. The van der Waals surface area contributed by atoms with Crippen LogP contribution in [0.15, 0.2) is 11.1 Å². The maximum Gasteiger partial charge on any atom is -0.0257 e. The van der Waals surface area contributed by atoms with E-state index in [1.807, 2.05) is 0 Å². The molecule has 3 atom stereocenters. The summed E-state index contributed by atoms with van der Waals surface area (Å²) in [6.07, 6.45) is 7.16. The van der Waals surface area contributed by atoms with Gasteiger partial charge in [-0.05, 0) is 55.3 Å². The lowest BCUT2D eigenvalue weighted by Gasteiger charge is -2.23. The first-order valence-electron chi connectivity index (χ1n) is 7.78. The Morgan fingerprint density at radius 1 is 0.882 bits per heavy atom. The van der Waals surface area contributed by atoms with Crippen LogP contribution in [0.1, 0.15) is 66.7 Å². The van der Waals surface area contributed by atoms with E-state index in [0.29, 0.717) is 0 Å². The first-order valence-corrected chi connectivity index (χ1v) is 7.78. The topological polar surface area (TPSA) is 0 Å². The second-order valence-corrected chi connectivity index (χ2v) is 6.84. The van der Waals surface area contributed by atoms with Gasteiger partial charge in [0.1, 0.15) is 0 Å². The Labute approximate surface area is 108 Å². The molecule has 0 heteroatoms. The van der Waals surface area contributed by atoms with Crippen LogP contribution >= 0.6 is 0 Å². The van der Waals surface area contributed by atoms with Crippen LogP contribution in [0.25, 0.3) is 0 Å². The fourth-order valence-corrected chi connectivity index (χ4v) is 4.27. The molecule has 2 aliphatic rings. The third kappa shape index (κ3) is 2.61. The minimum atomic E-state index is 0.766. The van der Waals surface area contributed by atoms with Gasteiger partial charge in [-0.3, -0.25) is 0 Å². The molecule has 0 nitrogen and oxygen atoms in total. The van der Waals surface area contributed by atoms with Gasteiger partial charge in [0.15, 0.2) is 0 Å². The van der Waals surface area contributed by atoms with E-state index >= 15 is 0 Å². The summed E-state index contributed by atoms with van der Waals surface area (Å²) in [5.74, 6) is 4.78. The molecule has 0 heterocycles. The van der Waals surface area contributed by atoms with Crippen molar-refractivity contribution < 1.29 is 0 Å². The summed E-state index contributed by atoms with van der Waals surface area (Å²) in [5, 5.41) is 0. The fraction of sp³-hybridized carbons (Fsp3) is 0.882. The lowest BCUT2D eigenvalue weighted by Crippen LogP contribution is -2.08. The van der Waals surface area contributed by atoms with Gasteiger partial charge in [-0.15, -0.1) is 0 Å². The van der Waals surface area contributed by atoms with Crippen LogP contribution in [0.4, 0.5) is 0 Å². The Kier molecular flexibility index (Phi) is 4.00. The molecular weight excluding hydrogens is 204 g/mol. The van der Waals surface area contributed by atoms with E-state index in [4.69, 9.17) is 0 Å². The van der Waals surface area contributed by atoms with E-state index in [1.165, 1.54) is 32.1 Å². The first-order chi connectivity index (χ1) is 8.06. The molecular formula is C17H30. The van der Waals surface area contributed by atoms with E-state index in [9.17, 15) is 0 Å². The minimum Gasteiger partial charge on any atom is -0.0682 e. The highest BCUT2D eigenvalue weighted by Gasteiger charge is 2.47. The van der Waals surface area contributed by atoms with E-state index in [-0.39, 0.29) is 0 Å². The second kappa shape index (κ2) is 5.16. The molecule has 0 radical (unpaired) electrons. The Hall–Kier alpha value is -0.260. The molecule has 0 aromatic rings. The third-order valence-corrected chi connectivity index (χ3v) is 5.28. The normalized spacial score (nSPS) is 37.9. The maximum atomic E-state index is 2.39. The molecule has 0 aromatic carbocycles. The van der Waals surface area contributed by atoms with Crippen LogP contribution in [0.5, 0.6) is 0 Å². The van der Waals surface area contributed by atoms with E-state index in [2.05, 4.69) is 34.6 Å². The SMILES string of the molecule is CCC1[C@H]2CC/C(C(C)C)=C(/C(C)C)CC[C@@H]12. The van der Waals surface area contributed by atoms with Crippen LogP contribution in [0.2, 0.25) is 0 Å². The third-order valence-electron chi connectivity index (χ3n) is 5.28. The minimum absolute atomic E-state index is 0.766. The van der Waals surface area contributed by atoms with Crippen molar-refractivity contribution in [2.75, 3.05) is 0 Å². The van der Waals surface area contributed by atoms with Gasteiger partial charge >= 0.3 is 0 Å². The van der Waals surface area contributed by atoms with E-state index < -0.39 is 0 Å². The number of hydrogen-bond acceptors (Lipinski definition) is 0. The summed E-state index contributed by atoms with van der Waals surface area (Å²) in [5.41, 5.74) is 3.61. The largest absolute Gasteiger partial charge is 0.0682 e. The van der Waals surface area contributed by atoms with Gasteiger partial charge in [0.05, 0.1) is 0 Å². The number of rotatable bonds is 3. The van der Waals surface area contributed by atoms with Crippen molar-refractivity contribution in [3.05, 3.63) is 11.1 Å². The predicted molar refractivity (Wildman–Crippen MR) is 75.9 cm³/mol. The Balaban J connectivity index is 2.12. The fourth-order valence-electron chi connectivity index (χ4n) is 4.27. The molecule has 0 aromatic heterocycles. The quantitative estimate of drug-likeness (QED) is 0.570. The molecule has 0 saturated heterocycles. The predicted octanol–water partition coefficient (Wildman–Crippen LogP) is 5.44. The standard InChI is InChI=1S/C17H30/c1-6-13-16-9-7-14(11(2)3)15(12(4)5)8-10-17(13)16/h11-13,16-17H,6-10H2,1-5H3/b15-14-/t13?,16-,17+. The average molecular weight is 234 g/mol. The van der Waals surface area contributed by atoms with Gasteiger partial charge < -0.3 is 0 Å². The maximum absolute atomic E-state index is 2.39. The van der Waals surface area contributed by atoms with Crippen LogP contribution in [0, 0.1) is 29.6 Å². The van der Waals surface area contributed by atoms with Crippen LogP contribution < -0.4 is 0 Å². The van der Waals surface area contributed by atoms with Crippen molar-refractivity contribution in [1.82, 2.24) is 0 Å². The molecule has 1 saturated carbocycles. The summed E-state index contributed by atoms with van der Waals surface area (Å²) in [6.45, 7) is 11.9. The number of hydrogen-bond donors (Lipinski definition) is 0. The van der Waals surface area contributed by atoms with Gasteiger partial charge in [0, 0.05) is 0 Å². The van der Waals surface area contributed by atoms with Crippen molar-refractivity contribution in [1.29, 1.82) is 0 Å². The van der Waals surface area contributed by atoms with Crippen molar-refractivity contribution in [2.45, 2.75) is 66.7 Å². The van der Waals surface area contributed by atoms with Crippen LogP contribution in [-0.2, 0) is 0 Å². The molecule has 0 bridgehead atoms. The van der Waals surface area contributed by atoms with Gasteiger partial charge in [-0.1, -0.05) is 52.2 Å². The van der Waals surface area contributed by atoms with Gasteiger partial charge in [-0.2, -0.15) is 0 Å². The molecule has 1 fully saturated rings. The van der Waals surface area contributed by atoms with Crippen LogP contribution in [0.3, 0.4) is 0 Å². The first kappa shape index (κ1) is 13.2. The molecule has 98 valence electrons. The molecule has 2 aliphatic carbocycles. The second-order valence-electron chi connectivity index (χ2n) is 6.84. The Morgan fingerprint density at radius 3 is 1.59 bits per heavy atom. The van der Waals surface area contributed by atoms with Crippen molar-refractivity contribution >= 4 is 0 Å². The number of fused-ring (bicyclic) bond motifs is 1. The number of allylic oxidation sites excluding steroid dienone is 2. The zero-order chi connectivity index (χ0) is 12.6. The molecule has 0 N–H and O–H groups in total. The summed E-state index contributed by atoms with van der Waals surface area (Å²) < 4.78 is 0. The van der Waals surface area contributed by atoms with Gasteiger partial charge in [-0.25, -0.2) is 0 Å². The highest BCUT2D eigenvalue weighted by Crippen LogP contribution is 2.56. The molecule has 1 unspecified atom stereocenters. The van der Waals surface area contributed by atoms with Gasteiger partial charge in [0.25, 0.3) is 0 Å². The average Bonchev–Trinajstić information content (AvgIpc) is 2.88. The van der Waals surface area contributed by atoms with Gasteiger partial charge in [0.2, 0.25) is 0 Å². The molecule has 0 aliphatic heterocycles. The molecule has 2 rings (SSSR count). The van der Waals surface area contributed by atoms with E-state index in [0.717, 1.165) is 29.6 Å². The molecule has 17 heavy (non-hydrogen) atoms.